The maximum atomic E-state index is 13.3. The molecule has 22 heavy (non-hydrogen) atoms. The molecule has 3 heterocycles. The largest absolute Gasteiger partial charge is 0.342 e. The predicted octanol–water partition coefficient (Wildman–Crippen LogP) is 2.59. The number of H-pyrrole nitrogens is 1. The van der Waals surface area contributed by atoms with Gasteiger partial charge in [-0.05, 0) is 64.1 Å². The molecule has 1 aromatic heterocycles. The average Bonchev–Trinajstić information content (AvgIpc) is 3.13. The maximum Gasteiger partial charge on any atom is 0.125 e. The Morgan fingerprint density at radius 3 is 2.82 bits per heavy atom. The smallest absolute Gasteiger partial charge is 0.125 e. The van der Waals surface area contributed by atoms with Gasteiger partial charge in [0.25, 0.3) is 0 Å². The van der Waals surface area contributed by atoms with Gasteiger partial charge in [0.15, 0.2) is 0 Å². The SMILES string of the molecule is CN1CCC(N2CCC(c3nc4ccc(F)cc4[nH]3)C2)CC1. The minimum atomic E-state index is -0.206. The Morgan fingerprint density at radius 1 is 1.18 bits per heavy atom. The minimum Gasteiger partial charge on any atom is -0.342 e. The van der Waals surface area contributed by atoms with Gasteiger partial charge < -0.3 is 9.88 Å². The van der Waals surface area contributed by atoms with Crippen LogP contribution in [0.1, 0.15) is 31.0 Å². The molecule has 2 aliphatic rings. The molecule has 0 aliphatic carbocycles. The van der Waals surface area contributed by atoms with Crippen molar-refractivity contribution in [2.45, 2.75) is 31.2 Å². The third kappa shape index (κ3) is 2.63. The number of rotatable bonds is 2. The van der Waals surface area contributed by atoms with Crippen LogP contribution in [0.25, 0.3) is 11.0 Å². The van der Waals surface area contributed by atoms with Crippen molar-refractivity contribution in [1.29, 1.82) is 0 Å². The highest BCUT2D eigenvalue weighted by Gasteiger charge is 2.32. The van der Waals surface area contributed by atoms with Crippen molar-refractivity contribution < 1.29 is 4.39 Å². The molecule has 1 unspecified atom stereocenters. The first kappa shape index (κ1) is 14.2. The van der Waals surface area contributed by atoms with E-state index in [9.17, 15) is 4.39 Å². The molecular weight excluding hydrogens is 279 g/mol. The zero-order valence-electron chi connectivity index (χ0n) is 13.1. The van der Waals surface area contributed by atoms with E-state index < -0.39 is 0 Å². The second-order valence-electron chi connectivity index (χ2n) is 6.80. The van der Waals surface area contributed by atoms with Gasteiger partial charge in [-0.15, -0.1) is 0 Å². The van der Waals surface area contributed by atoms with Gasteiger partial charge in [-0.3, -0.25) is 4.90 Å². The van der Waals surface area contributed by atoms with Crippen molar-refractivity contribution in [2.24, 2.45) is 0 Å². The summed E-state index contributed by atoms with van der Waals surface area (Å²) in [6.07, 6.45) is 3.69. The van der Waals surface area contributed by atoms with Crippen LogP contribution in [0.2, 0.25) is 0 Å². The summed E-state index contributed by atoms with van der Waals surface area (Å²) in [5, 5.41) is 0. The quantitative estimate of drug-likeness (QED) is 0.926. The number of benzene rings is 1. The first-order valence-electron chi connectivity index (χ1n) is 8.27. The number of likely N-dealkylation sites (tertiary alicyclic amines) is 2. The number of imidazole rings is 1. The fraction of sp³-hybridized carbons (Fsp3) is 0.588. The van der Waals surface area contributed by atoms with E-state index in [1.807, 2.05) is 0 Å². The van der Waals surface area contributed by atoms with Crippen LogP contribution in [-0.4, -0.2) is 59.0 Å². The molecule has 1 aromatic carbocycles. The number of nitrogens with one attached hydrogen (secondary N) is 1. The van der Waals surface area contributed by atoms with Gasteiger partial charge in [-0.2, -0.15) is 0 Å². The molecule has 4 nitrogen and oxygen atoms in total. The molecule has 2 fully saturated rings. The highest BCUT2D eigenvalue weighted by Crippen LogP contribution is 2.30. The average molecular weight is 302 g/mol. The van der Waals surface area contributed by atoms with Crippen molar-refractivity contribution in [1.82, 2.24) is 19.8 Å². The van der Waals surface area contributed by atoms with Gasteiger partial charge in [0.1, 0.15) is 11.6 Å². The van der Waals surface area contributed by atoms with Gasteiger partial charge in [0.05, 0.1) is 11.0 Å². The summed E-state index contributed by atoms with van der Waals surface area (Å²) in [7, 11) is 2.20. The molecule has 2 aromatic rings. The van der Waals surface area contributed by atoms with Gasteiger partial charge >= 0.3 is 0 Å². The van der Waals surface area contributed by atoms with Crippen molar-refractivity contribution in [3.63, 3.8) is 0 Å². The number of aromatic nitrogens is 2. The lowest BCUT2D eigenvalue weighted by atomic mass is 10.0. The monoisotopic (exact) mass is 302 g/mol. The molecule has 0 spiro atoms. The van der Waals surface area contributed by atoms with Crippen LogP contribution in [0.15, 0.2) is 18.2 Å². The van der Waals surface area contributed by atoms with E-state index in [1.165, 1.54) is 38.1 Å². The van der Waals surface area contributed by atoms with Crippen molar-refractivity contribution in [2.75, 3.05) is 33.2 Å². The maximum absolute atomic E-state index is 13.3. The van der Waals surface area contributed by atoms with E-state index in [1.54, 1.807) is 6.07 Å². The van der Waals surface area contributed by atoms with Gasteiger partial charge in [-0.25, -0.2) is 9.37 Å². The summed E-state index contributed by atoms with van der Waals surface area (Å²) in [5.74, 6) is 1.27. The number of hydrogen-bond donors (Lipinski definition) is 1. The molecule has 0 saturated carbocycles. The zero-order chi connectivity index (χ0) is 15.1. The van der Waals surface area contributed by atoms with Gasteiger partial charge in [-0.1, -0.05) is 0 Å². The number of halogens is 1. The highest BCUT2D eigenvalue weighted by molar-refractivity contribution is 5.75. The number of nitrogens with zero attached hydrogens (tertiary/aromatic N) is 3. The van der Waals surface area contributed by atoms with Crippen LogP contribution in [0.5, 0.6) is 0 Å². The van der Waals surface area contributed by atoms with Crippen molar-refractivity contribution in [3.05, 3.63) is 29.8 Å². The standard InChI is InChI=1S/C17H23FN4/c1-21-7-5-14(6-8-21)22-9-4-12(11-22)17-19-15-3-2-13(18)10-16(15)20-17/h2-3,10,12,14H,4-9,11H2,1H3,(H,19,20). The third-order valence-electron chi connectivity index (χ3n) is 5.27. The summed E-state index contributed by atoms with van der Waals surface area (Å²) in [5.41, 5.74) is 1.68. The van der Waals surface area contributed by atoms with Crippen LogP contribution in [-0.2, 0) is 0 Å². The fourth-order valence-electron chi connectivity index (χ4n) is 3.90. The molecule has 0 bridgehead atoms. The highest BCUT2D eigenvalue weighted by atomic mass is 19.1. The molecule has 0 radical (unpaired) electrons. The Balaban J connectivity index is 1.47. The van der Waals surface area contributed by atoms with Crippen LogP contribution in [0.4, 0.5) is 4.39 Å². The van der Waals surface area contributed by atoms with E-state index in [0.29, 0.717) is 5.92 Å². The minimum absolute atomic E-state index is 0.206. The second-order valence-corrected chi connectivity index (χ2v) is 6.80. The predicted molar refractivity (Wildman–Crippen MR) is 85.5 cm³/mol. The van der Waals surface area contributed by atoms with Gasteiger partial charge in [0, 0.05) is 18.5 Å². The second kappa shape index (κ2) is 5.63. The topological polar surface area (TPSA) is 35.2 Å². The summed E-state index contributed by atoms with van der Waals surface area (Å²) in [4.78, 5) is 13.0. The van der Waals surface area contributed by atoms with E-state index in [2.05, 4.69) is 26.8 Å². The first-order chi connectivity index (χ1) is 10.7. The molecule has 1 N–H and O–H groups in total. The molecule has 4 rings (SSSR count). The van der Waals surface area contributed by atoms with E-state index in [0.717, 1.165) is 42.4 Å². The Bertz CT molecular complexity index is 660. The number of fused-ring (bicyclic) bond motifs is 1. The Morgan fingerprint density at radius 2 is 2.00 bits per heavy atom. The van der Waals surface area contributed by atoms with E-state index in [4.69, 9.17) is 0 Å². The van der Waals surface area contributed by atoms with Crippen LogP contribution >= 0.6 is 0 Å². The summed E-state index contributed by atoms with van der Waals surface area (Å²) >= 11 is 0. The molecule has 2 aliphatic heterocycles. The lowest BCUT2D eigenvalue weighted by Gasteiger charge is -2.35. The Hall–Kier alpha value is -1.46. The Kier molecular flexibility index (Phi) is 3.62. The summed E-state index contributed by atoms with van der Waals surface area (Å²) < 4.78 is 13.3. The van der Waals surface area contributed by atoms with Gasteiger partial charge in [0.2, 0.25) is 0 Å². The molecule has 5 heteroatoms. The lowest BCUT2D eigenvalue weighted by molar-refractivity contribution is 0.142. The summed E-state index contributed by atoms with van der Waals surface area (Å²) in [6, 6.07) is 5.50. The lowest BCUT2D eigenvalue weighted by Crippen LogP contribution is -2.42. The summed E-state index contributed by atoms with van der Waals surface area (Å²) in [6.45, 7) is 4.65. The normalized spacial score (nSPS) is 25.3. The van der Waals surface area contributed by atoms with Crippen LogP contribution in [0, 0.1) is 5.82 Å². The number of aromatic amines is 1. The number of piperidine rings is 1. The molecule has 1 atom stereocenters. The van der Waals surface area contributed by atoms with Crippen molar-refractivity contribution >= 4 is 11.0 Å². The van der Waals surface area contributed by atoms with Crippen LogP contribution < -0.4 is 0 Å². The first-order valence-corrected chi connectivity index (χ1v) is 8.27. The van der Waals surface area contributed by atoms with Crippen molar-refractivity contribution in [3.8, 4) is 0 Å². The van der Waals surface area contributed by atoms with Crippen LogP contribution in [0.3, 0.4) is 0 Å². The molecule has 0 amide bonds. The number of hydrogen-bond acceptors (Lipinski definition) is 3. The molecule has 118 valence electrons. The third-order valence-corrected chi connectivity index (χ3v) is 5.27. The van der Waals surface area contributed by atoms with E-state index >= 15 is 0 Å². The fourth-order valence-corrected chi connectivity index (χ4v) is 3.90. The Labute approximate surface area is 130 Å². The van der Waals surface area contributed by atoms with E-state index in [-0.39, 0.29) is 5.82 Å². The molecular formula is C17H23FN4. The molecule has 2 saturated heterocycles. The zero-order valence-corrected chi connectivity index (χ0v) is 13.1.